The SMILES string of the molecule is O=c1c2ccccc2nc2c3c4ccccc4ccc3n3c4cc(-c5ccccc5)c(-c5ccccc5)cc4nc3n12. The third-order valence-electron chi connectivity index (χ3n) is 8.29. The Hall–Kier alpha value is -5.81. The first-order valence-electron chi connectivity index (χ1n) is 14.0. The van der Waals surface area contributed by atoms with Gasteiger partial charge in [-0.2, -0.15) is 0 Å². The maximum Gasteiger partial charge on any atom is 0.268 e. The van der Waals surface area contributed by atoms with Gasteiger partial charge < -0.3 is 0 Å². The van der Waals surface area contributed by atoms with Crippen molar-refractivity contribution in [3.63, 3.8) is 0 Å². The molecule has 0 spiro atoms. The second-order valence-corrected chi connectivity index (χ2v) is 10.6. The van der Waals surface area contributed by atoms with E-state index in [0.29, 0.717) is 22.3 Å². The smallest absolute Gasteiger partial charge is 0.268 e. The highest BCUT2D eigenvalue weighted by atomic mass is 16.1. The van der Waals surface area contributed by atoms with E-state index < -0.39 is 0 Å². The number of fused-ring (bicyclic) bond motifs is 11. The molecule has 6 aromatic carbocycles. The van der Waals surface area contributed by atoms with E-state index in [0.717, 1.165) is 55.0 Å². The van der Waals surface area contributed by atoms with Gasteiger partial charge in [0.05, 0.1) is 32.8 Å². The average Bonchev–Trinajstić information content (AvgIpc) is 3.43. The number of para-hydroxylation sites is 1. The lowest BCUT2D eigenvalue weighted by Gasteiger charge is -2.14. The highest BCUT2D eigenvalue weighted by Gasteiger charge is 2.21. The second kappa shape index (κ2) is 8.59. The molecule has 0 saturated carbocycles. The Morgan fingerprint density at radius 3 is 1.90 bits per heavy atom. The standard InChI is InChI=1S/C37H22N4O/c42-36-27-17-9-10-18-30(27)38-35-34-26-16-8-7-15-25(26)19-20-32(34)40-33-22-29(24-13-5-2-6-14-24)28(23-11-3-1-4-12-23)21-31(33)39-37(40)41(35)36/h1-22H. The van der Waals surface area contributed by atoms with Crippen LogP contribution in [0.5, 0.6) is 0 Å². The van der Waals surface area contributed by atoms with Crippen molar-refractivity contribution in [2.24, 2.45) is 0 Å². The number of hydrogen-bond donors (Lipinski definition) is 0. The van der Waals surface area contributed by atoms with Crippen LogP contribution in [0.15, 0.2) is 138 Å². The van der Waals surface area contributed by atoms with Gasteiger partial charge in [0.25, 0.3) is 5.56 Å². The number of imidazole rings is 1. The maximum absolute atomic E-state index is 14.2. The molecule has 9 rings (SSSR count). The fourth-order valence-corrected chi connectivity index (χ4v) is 6.38. The van der Waals surface area contributed by atoms with E-state index in [1.165, 1.54) is 0 Å². The summed E-state index contributed by atoms with van der Waals surface area (Å²) in [5, 5.41) is 3.63. The molecule has 5 heteroatoms. The molecule has 0 aliphatic heterocycles. The van der Waals surface area contributed by atoms with Crippen molar-refractivity contribution < 1.29 is 0 Å². The molecular formula is C37H22N4O. The Morgan fingerprint density at radius 2 is 1.14 bits per heavy atom. The molecule has 0 aliphatic carbocycles. The third kappa shape index (κ3) is 3.16. The fraction of sp³-hybridized carbons (Fsp3) is 0. The summed E-state index contributed by atoms with van der Waals surface area (Å²) in [7, 11) is 0. The van der Waals surface area contributed by atoms with Gasteiger partial charge in [0, 0.05) is 0 Å². The lowest BCUT2D eigenvalue weighted by molar-refractivity contribution is 1.05. The summed E-state index contributed by atoms with van der Waals surface area (Å²) in [6.45, 7) is 0. The first kappa shape index (κ1) is 22.9. The second-order valence-electron chi connectivity index (χ2n) is 10.6. The fourth-order valence-electron chi connectivity index (χ4n) is 6.38. The summed E-state index contributed by atoms with van der Waals surface area (Å²) in [6, 6.07) is 45.3. The van der Waals surface area contributed by atoms with Gasteiger partial charge in [0.1, 0.15) is 0 Å². The van der Waals surface area contributed by atoms with Crippen LogP contribution in [0.1, 0.15) is 0 Å². The molecule has 0 atom stereocenters. The van der Waals surface area contributed by atoms with E-state index in [9.17, 15) is 4.79 Å². The van der Waals surface area contributed by atoms with E-state index in [4.69, 9.17) is 9.97 Å². The van der Waals surface area contributed by atoms with Crippen LogP contribution in [-0.2, 0) is 0 Å². The highest BCUT2D eigenvalue weighted by molar-refractivity contribution is 6.15. The number of rotatable bonds is 2. The van der Waals surface area contributed by atoms with Gasteiger partial charge in [0.2, 0.25) is 5.78 Å². The van der Waals surface area contributed by atoms with Gasteiger partial charge in [-0.05, 0) is 63.4 Å². The topological polar surface area (TPSA) is 51.7 Å². The summed E-state index contributed by atoms with van der Waals surface area (Å²) in [6.07, 6.45) is 0. The molecule has 0 radical (unpaired) electrons. The predicted molar refractivity (Wildman–Crippen MR) is 171 cm³/mol. The minimum absolute atomic E-state index is 0.127. The van der Waals surface area contributed by atoms with E-state index in [2.05, 4.69) is 89.3 Å². The molecule has 9 aromatic rings. The molecule has 0 amide bonds. The Morgan fingerprint density at radius 1 is 0.500 bits per heavy atom. The number of nitrogens with zero attached hydrogens (tertiary/aromatic N) is 4. The molecule has 0 bridgehead atoms. The molecule has 42 heavy (non-hydrogen) atoms. The van der Waals surface area contributed by atoms with Gasteiger partial charge >= 0.3 is 0 Å². The van der Waals surface area contributed by atoms with Gasteiger partial charge in [-0.25, -0.2) is 14.4 Å². The summed E-state index contributed by atoms with van der Waals surface area (Å²) in [4.78, 5) is 24.4. The van der Waals surface area contributed by atoms with Crippen LogP contribution in [0.2, 0.25) is 0 Å². The lowest BCUT2D eigenvalue weighted by atomic mass is 9.94. The van der Waals surface area contributed by atoms with Crippen LogP contribution in [-0.4, -0.2) is 18.8 Å². The Labute approximate surface area is 239 Å². The van der Waals surface area contributed by atoms with Crippen LogP contribution in [0.25, 0.3) is 77.3 Å². The summed E-state index contributed by atoms with van der Waals surface area (Å²) in [5.41, 5.74) is 8.30. The first-order chi connectivity index (χ1) is 20.8. The summed E-state index contributed by atoms with van der Waals surface area (Å²) in [5.74, 6) is 0.551. The van der Waals surface area contributed by atoms with Crippen LogP contribution >= 0.6 is 0 Å². The zero-order valence-corrected chi connectivity index (χ0v) is 22.4. The number of hydrogen-bond acceptors (Lipinski definition) is 3. The Bertz CT molecular complexity index is 2580. The zero-order chi connectivity index (χ0) is 27.8. The molecule has 196 valence electrons. The monoisotopic (exact) mass is 538 g/mol. The van der Waals surface area contributed by atoms with Crippen LogP contribution in [0, 0.1) is 0 Å². The summed E-state index contributed by atoms with van der Waals surface area (Å²) < 4.78 is 3.82. The largest absolute Gasteiger partial charge is 0.277 e. The lowest BCUT2D eigenvalue weighted by Crippen LogP contribution is -2.18. The Balaban J connectivity index is 1.55. The van der Waals surface area contributed by atoms with E-state index in [-0.39, 0.29) is 5.56 Å². The van der Waals surface area contributed by atoms with Crippen molar-refractivity contribution in [2.75, 3.05) is 0 Å². The molecule has 3 aromatic heterocycles. The summed E-state index contributed by atoms with van der Waals surface area (Å²) >= 11 is 0. The van der Waals surface area contributed by atoms with Crippen LogP contribution in [0.3, 0.4) is 0 Å². The maximum atomic E-state index is 14.2. The molecular weight excluding hydrogens is 516 g/mol. The van der Waals surface area contributed by atoms with Crippen LogP contribution in [0.4, 0.5) is 0 Å². The van der Waals surface area contributed by atoms with Crippen molar-refractivity contribution >= 4 is 55.0 Å². The minimum Gasteiger partial charge on any atom is -0.277 e. The molecule has 0 N–H and O–H groups in total. The number of benzene rings is 6. The Kier molecular flexibility index (Phi) is 4.70. The van der Waals surface area contributed by atoms with Crippen molar-refractivity contribution in [1.82, 2.24) is 18.8 Å². The molecule has 3 heterocycles. The molecule has 0 aliphatic rings. The van der Waals surface area contributed by atoms with Crippen molar-refractivity contribution in [2.45, 2.75) is 0 Å². The molecule has 5 nitrogen and oxygen atoms in total. The van der Waals surface area contributed by atoms with E-state index >= 15 is 0 Å². The molecule has 0 saturated heterocycles. The van der Waals surface area contributed by atoms with Gasteiger partial charge in [-0.15, -0.1) is 0 Å². The number of aromatic nitrogens is 4. The zero-order valence-electron chi connectivity index (χ0n) is 22.4. The molecule has 0 unspecified atom stereocenters. The quantitative estimate of drug-likeness (QED) is 0.164. The van der Waals surface area contributed by atoms with Crippen molar-refractivity contribution in [3.8, 4) is 22.3 Å². The van der Waals surface area contributed by atoms with Gasteiger partial charge in [0.15, 0.2) is 5.65 Å². The molecule has 0 fully saturated rings. The van der Waals surface area contributed by atoms with E-state index in [1.807, 2.05) is 48.5 Å². The minimum atomic E-state index is -0.127. The van der Waals surface area contributed by atoms with E-state index in [1.54, 1.807) is 4.40 Å². The third-order valence-corrected chi connectivity index (χ3v) is 8.29. The van der Waals surface area contributed by atoms with Gasteiger partial charge in [-0.3, -0.25) is 9.20 Å². The normalized spacial score (nSPS) is 11.9. The van der Waals surface area contributed by atoms with Crippen molar-refractivity contribution in [3.05, 3.63) is 144 Å². The average molecular weight is 539 g/mol. The van der Waals surface area contributed by atoms with Crippen LogP contribution < -0.4 is 5.56 Å². The highest BCUT2D eigenvalue weighted by Crippen LogP contribution is 2.38. The first-order valence-corrected chi connectivity index (χ1v) is 14.0. The van der Waals surface area contributed by atoms with Crippen molar-refractivity contribution in [1.29, 1.82) is 0 Å². The predicted octanol–water partition coefficient (Wildman–Crippen LogP) is 8.29. The van der Waals surface area contributed by atoms with Gasteiger partial charge in [-0.1, -0.05) is 103 Å².